The lowest BCUT2D eigenvalue weighted by Crippen LogP contribution is -2.41. The van der Waals surface area contributed by atoms with Crippen LogP contribution in [0.4, 0.5) is 0 Å². The fourth-order valence-electron chi connectivity index (χ4n) is 5.48. The number of benzene rings is 1. The van der Waals surface area contributed by atoms with Gasteiger partial charge in [0.05, 0.1) is 6.10 Å². The van der Waals surface area contributed by atoms with Crippen molar-refractivity contribution in [2.45, 2.75) is 51.0 Å². The van der Waals surface area contributed by atoms with Gasteiger partial charge in [0.1, 0.15) is 5.75 Å². The van der Waals surface area contributed by atoms with Crippen molar-refractivity contribution < 1.29 is 10.2 Å². The van der Waals surface area contributed by atoms with Crippen LogP contribution >= 0.6 is 0 Å². The molecule has 0 amide bonds. The Morgan fingerprint density at radius 1 is 1.24 bits per heavy atom. The van der Waals surface area contributed by atoms with E-state index < -0.39 is 6.10 Å². The van der Waals surface area contributed by atoms with Crippen LogP contribution in [-0.4, -0.2) is 10.2 Å². The van der Waals surface area contributed by atoms with E-state index in [0.29, 0.717) is 17.8 Å². The van der Waals surface area contributed by atoms with Gasteiger partial charge in [-0.25, -0.2) is 0 Å². The van der Waals surface area contributed by atoms with E-state index in [1.54, 1.807) is 12.1 Å². The number of phenolic OH excluding ortho intramolecular Hbond substituents is 1. The molecule has 2 fully saturated rings. The molecule has 0 bridgehead atoms. The highest BCUT2D eigenvalue weighted by Gasteiger charge is 2.52. The molecule has 2 nitrogen and oxygen atoms in total. The summed E-state index contributed by atoms with van der Waals surface area (Å²) in [6, 6.07) is 5.57. The van der Waals surface area contributed by atoms with E-state index in [1.807, 2.05) is 6.07 Å². The van der Waals surface area contributed by atoms with E-state index >= 15 is 0 Å². The number of fused-ring (bicyclic) bond motifs is 5. The van der Waals surface area contributed by atoms with Crippen LogP contribution in [0.5, 0.6) is 5.75 Å². The summed E-state index contributed by atoms with van der Waals surface area (Å²) in [6.07, 6.45) is 5.20. The van der Waals surface area contributed by atoms with E-state index in [-0.39, 0.29) is 11.2 Å². The molecule has 21 heavy (non-hydrogen) atoms. The monoisotopic (exact) mass is 284 g/mol. The van der Waals surface area contributed by atoms with Gasteiger partial charge >= 0.3 is 0 Å². The zero-order valence-corrected chi connectivity index (χ0v) is 12.7. The fourth-order valence-corrected chi connectivity index (χ4v) is 5.48. The smallest absolute Gasteiger partial charge is 0.115 e. The molecule has 112 valence electrons. The third-order valence-corrected chi connectivity index (χ3v) is 6.72. The predicted molar refractivity (Wildman–Crippen MR) is 83.1 cm³/mol. The zero-order valence-electron chi connectivity index (χ0n) is 12.7. The highest BCUT2D eigenvalue weighted by atomic mass is 16.3. The quantitative estimate of drug-likeness (QED) is 0.697. The molecular formula is C19H24O2. The Kier molecular flexibility index (Phi) is 2.78. The highest BCUT2D eigenvalue weighted by Crippen LogP contribution is 2.63. The molecule has 0 saturated heterocycles. The van der Waals surface area contributed by atoms with Crippen LogP contribution in [0, 0.1) is 17.3 Å². The summed E-state index contributed by atoms with van der Waals surface area (Å²) in [4.78, 5) is 0. The highest BCUT2D eigenvalue weighted by molar-refractivity contribution is 5.42. The molecule has 0 heterocycles. The summed E-state index contributed by atoms with van der Waals surface area (Å²) in [5.41, 5.74) is 3.94. The molecule has 1 aromatic carbocycles. The summed E-state index contributed by atoms with van der Waals surface area (Å²) in [5, 5.41) is 20.3. The van der Waals surface area contributed by atoms with Gasteiger partial charge in [-0.2, -0.15) is 0 Å². The summed E-state index contributed by atoms with van der Waals surface area (Å²) in [6.45, 7) is 6.72. The molecule has 2 saturated carbocycles. The Bertz CT molecular complexity index is 606. The van der Waals surface area contributed by atoms with Gasteiger partial charge in [0.2, 0.25) is 0 Å². The molecule has 0 radical (unpaired) electrons. The third kappa shape index (κ3) is 1.75. The number of rotatable bonds is 0. The Morgan fingerprint density at radius 3 is 2.86 bits per heavy atom. The molecule has 3 aliphatic rings. The summed E-state index contributed by atoms with van der Waals surface area (Å²) < 4.78 is 0. The minimum absolute atomic E-state index is 0.265. The molecule has 1 unspecified atom stereocenters. The van der Waals surface area contributed by atoms with E-state index in [9.17, 15) is 10.2 Å². The second-order valence-corrected chi connectivity index (χ2v) is 7.54. The minimum atomic E-state index is -0.426. The standard InChI is InChI=1S/C19H24O2/c1-11-3-6-17-15-10-18(21)16-9-12(20)4-5-13(16)14(15)7-8-19(11,17)2/h4-5,9,14-15,17-18,20-21H,1,3,6-8,10H2,2H3/t14-,15-,17+,18?,19-/m1/s1. The summed E-state index contributed by atoms with van der Waals surface area (Å²) in [7, 11) is 0. The number of aliphatic hydroxyl groups excluding tert-OH is 1. The first-order valence-corrected chi connectivity index (χ1v) is 8.20. The number of allylic oxidation sites excluding steroid dienone is 1. The first kappa shape index (κ1) is 13.4. The van der Waals surface area contributed by atoms with Crippen LogP contribution in [0.3, 0.4) is 0 Å². The average Bonchev–Trinajstić information content (AvgIpc) is 2.76. The number of hydrogen-bond donors (Lipinski definition) is 2. The summed E-state index contributed by atoms with van der Waals surface area (Å²) in [5.74, 6) is 2.05. The Morgan fingerprint density at radius 2 is 2.05 bits per heavy atom. The van der Waals surface area contributed by atoms with Gasteiger partial charge in [-0.1, -0.05) is 25.1 Å². The molecule has 1 aromatic rings. The largest absolute Gasteiger partial charge is 0.508 e. The van der Waals surface area contributed by atoms with Gasteiger partial charge < -0.3 is 10.2 Å². The predicted octanol–water partition coefficient (Wildman–Crippen LogP) is 4.30. The Hall–Kier alpha value is -1.28. The maximum Gasteiger partial charge on any atom is 0.115 e. The molecule has 2 N–H and O–H groups in total. The van der Waals surface area contributed by atoms with Crippen LogP contribution in [0.15, 0.2) is 30.4 Å². The molecule has 4 rings (SSSR count). The van der Waals surface area contributed by atoms with Crippen LogP contribution in [0.1, 0.15) is 62.2 Å². The number of phenols is 1. The van der Waals surface area contributed by atoms with Crippen molar-refractivity contribution in [2.24, 2.45) is 17.3 Å². The van der Waals surface area contributed by atoms with Crippen molar-refractivity contribution >= 4 is 0 Å². The summed E-state index contributed by atoms with van der Waals surface area (Å²) >= 11 is 0. The molecule has 0 aliphatic heterocycles. The second kappa shape index (κ2) is 4.36. The fraction of sp³-hybridized carbons (Fsp3) is 0.579. The average molecular weight is 284 g/mol. The normalized spacial score (nSPS) is 41.3. The number of aromatic hydroxyl groups is 1. The Labute approximate surface area is 126 Å². The first-order valence-electron chi connectivity index (χ1n) is 8.20. The molecule has 3 aliphatic carbocycles. The van der Waals surface area contributed by atoms with Gasteiger partial charge in [-0.15, -0.1) is 0 Å². The molecule has 0 aromatic heterocycles. The van der Waals surface area contributed by atoms with Crippen molar-refractivity contribution in [3.05, 3.63) is 41.5 Å². The van der Waals surface area contributed by atoms with Gasteiger partial charge in [-0.05, 0) is 78.5 Å². The maximum atomic E-state index is 10.6. The third-order valence-electron chi connectivity index (χ3n) is 6.72. The molecule has 2 heteroatoms. The van der Waals surface area contributed by atoms with E-state index in [1.165, 1.54) is 30.4 Å². The van der Waals surface area contributed by atoms with Crippen molar-refractivity contribution in [1.29, 1.82) is 0 Å². The lowest BCUT2D eigenvalue weighted by Gasteiger charge is -2.50. The van der Waals surface area contributed by atoms with Crippen molar-refractivity contribution in [1.82, 2.24) is 0 Å². The number of hydrogen-bond acceptors (Lipinski definition) is 2. The maximum absolute atomic E-state index is 10.6. The van der Waals surface area contributed by atoms with Crippen molar-refractivity contribution in [3.8, 4) is 5.75 Å². The minimum Gasteiger partial charge on any atom is -0.508 e. The van der Waals surface area contributed by atoms with Crippen molar-refractivity contribution in [3.63, 3.8) is 0 Å². The molecular weight excluding hydrogens is 260 g/mol. The van der Waals surface area contributed by atoms with E-state index in [4.69, 9.17) is 0 Å². The Balaban J connectivity index is 1.77. The molecule has 0 spiro atoms. The van der Waals surface area contributed by atoms with E-state index in [2.05, 4.69) is 13.5 Å². The molecule has 5 atom stereocenters. The van der Waals surface area contributed by atoms with Crippen LogP contribution in [-0.2, 0) is 0 Å². The number of aliphatic hydroxyl groups is 1. The van der Waals surface area contributed by atoms with Gasteiger partial charge in [0, 0.05) is 0 Å². The SMILES string of the molecule is C=C1CC[C@H]2[C@@H]3CC(O)c4cc(O)ccc4[C@H]3CC[C@]12C. The zero-order chi connectivity index (χ0) is 14.8. The van der Waals surface area contributed by atoms with Crippen LogP contribution < -0.4 is 0 Å². The van der Waals surface area contributed by atoms with E-state index in [0.717, 1.165) is 18.4 Å². The van der Waals surface area contributed by atoms with Gasteiger partial charge in [0.25, 0.3) is 0 Å². The van der Waals surface area contributed by atoms with Crippen molar-refractivity contribution in [2.75, 3.05) is 0 Å². The lowest BCUT2D eigenvalue weighted by molar-refractivity contribution is 0.0306. The topological polar surface area (TPSA) is 40.5 Å². The van der Waals surface area contributed by atoms with Crippen LogP contribution in [0.25, 0.3) is 0 Å². The van der Waals surface area contributed by atoms with Gasteiger partial charge in [0.15, 0.2) is 0 Å². The lowest BCUT2D eigenvalue weighted by atomic mass is 9.55. The van der Waals surface area contributed by atoms with Crippen LogP contribution in [0.2, 0.25) is 0 Å². The first-order chi connectivity index (χ1) is 10.0. The van der Waals surface area contributed by atoms with Gasteiger partial charge in [-0.3, -0.25) is 0 Å². The second-order valence-electron chi connectivity index (χ2n) is 7.54.